The van der Waals surface area contributed by atoms with Crippen LogP contribution in [0.15, 0.2) is 30.3 Å². The molecule has 2 N–H and O–H groups in total. The minimum absolute atomic E-state index is 0.0363. The van der Waals surface area contributed by atoms with Gasteiger partial charge in [-0.25, -0.2) is 13.8 Å². The molecule has 0 amide bonds. The second kappa shape index (κ2) is 8.87. The average molecular weight is 350 g/mol. The molecule has 136 valence electrons. The summed E-state index contributed by atoms with van der Waals surface area (Å²) in [5.41, 5.74) is 1.35. The van der Waals surface area contributed by atoms with Crippen molar-refractivity contribution in [3.8, 4) is 17.0 Å². The lowest BCUT2D eigenvalue weighted by atomic mass is 10.1. The maximum Gasteiger partial charge on any atom is 0.146 e. The van der Waals surface area contributed by atoms with Crippen molar-refractivity contribution in [2.45, 2.75) is 33.4 Å². The van der Waals surface area contributed by atoms with Crippen LogP contribution in [0.2, 0.25) is 0 Å². The molecule has 25 heavy (non-hydrogen) atoms. The van der Waals surface area contributed by atoms with Gasteiger partial charge < -0.3 is 15.2 Å². The standard InChI is InChI=1S/C19H24F2N2O2/c1-4-25-19-9-13(20)5-6-14(19)16-8-7-15(21)17(23-16)10-22-18(11-24)12(2)3/h5-9,12,18,22,24H,4,10-11H2,1-3H3/t18-/m0/s1. The highest BCUT2D eigenvalue weighted by atomic mass is 19.1. The summed E-state index contributed by atoms with van der Waals surface area (Å²) < 4.78 is 33.0. The largest absolute Gasteiger partial charge is 0.493 e. The zero-order valence-corrected chi connectivity index (χ0v) is 14.7. The fourth-order valence-corrected chi connectivity index (χ4v) is 2.48. The zero-order chi connectivity index (χ0) is 18.4. The summed E-state index contributed by atoms with van der Waals surface area (Å²) >= 11 is 0. The first-order valence-corrected chi connectivity index (χ1v) is 8.38. The monoisotopic (exact) mass is 350 g/mol. The third kappa shape index (κ3) is 4.96. The first kappa shape index (κ1) is 19.3. The number of nitrogens with zero attached hydrogens (tertiary/aromatic N) is 1. The Balaban J connectivity index is 2.30. The predicted molar refractivity (Wildman–Crippen MR) is 93.3 cm³/mol. The van der Waals surface area contributed by atoms with Crippen LogP contribution >= 0.6 is 0 Å². The quantitative estimate of drug-likeness (QED) is 0.765. The Hall–Kier alpha value is -2.05. The number of benzene rings is 1. The first-order valence-electron chi connectivity index (χ1n) is 8.38. The molecule has 0 aliphatic carbocycles. The van der Waals surface area contributed by atoms with Crippen LogP contribution < -0.4 is 10.1 Å². The fraction of sp³-hybridized carbons (Fsp3) is 0.421. The van der Waals surface area contributed by atoms with Crippen LogP contribution in [0.4, 0.5) is 8.78 Å². The summed E-state index contributed by atoms with van der Waals surface area (Å²) in [6.07, 6.45) is 0. The number of rotatable bonds is 8. The van der Waals surface area contributed by atoms with E-state index in [1.165, 1.54) is 18.2 Å². The minimum atomic E-state index is -0.434. The lowest BCUT2D eigenvalue weighted by molar-refractivity contribution is 0.209. The fourth-order valence-electron chi connectivity index (χ4n) is 2.48. The van der Waals surface area contributed by atoms with Gasteiger partial charge in [-0.15, -0.1) is 0 Å². The van der Waals surface area contributed by atoms with Gasteiger partial charge in [-0.3, -0.25) is 0 Å². The molecule has 0 bridgehead atoms. The van der Waals surface area contributed by atoms with E-state index in [-0.39, 0.29) is 30.8 Å². The van der Waals surface area contributed by atoms with Crippen molar-refractivity contribution in [1.29, 1.82) is 0 Å². The maximum atomic E-state index is 14.1. The first-order chi connectivity index (χ1) is 12.0. The minimum Gasteiger partial charge on any atom is -0.493 e. The topological polar surface area (TPSA) is 54.4 Å². The predicted octanol–water partition coefficient (Wildman–Crippen LogP) is 3.53. The van der Waals surface area contributed by atoms with Crippen LogP contribution in [0, 0.1) is 17.6 Å². The van der Waals surface area contributed by atoms with Gasteiger partial charge in [-0.2, -0.15) is 0 Å². The second-order valence-electron chi connectivity index (χ2n) is 6.11. The van der Waals surface area contributed by atoms with Crippen molar-refractivity contribution in [3.63, 3.8) is 0 Å². The zero-order valence-electron chi connectivity index (χ0n) is 14.7. The van der Waals surface area contributed by atoms with Gasteiger partial charge in [0.2, 0.25) is 0 Å². The Bertz CT molecular complexity index is 708. The molecular weight excluding hydrogens is 326 g/mol. The van der Waals surface area contributed by atoms with E-state index in [1.807, 2.05) is 20.8 Å². The molecule has 2 aromatic rings. The summed E-state index contributed by atoms with van der Waals surface area (Å²) in [7, 11) is 0. The van der Waals surface area contributed by atoms with Crippen LogP contribution in [-0.2, 0) is 6.54 Å². The molecule has 0 saturated carbocycles. The van der Waals surface area contributed by atoms with Crippen molar-refractivity contribution in [3.05, 3.63) is 47.7 Å². The van der Waals surface area contributed by atoms with Crippen LogP contribution in [0.3, 0.4) is 0 Å². The normalized spacial score (nSPS) is 12.4. The Morgan fingerprint density at radius 2 is 1.96 bits per heavy atom. The van der Waals surface area contributed by atoms with Gasteiger partial charge in [0, 0.05) is 24.2 Å². The van der Waals surface area contributed by atoms with Crippen LogP contribution in [-0.4, -0.2) is 29.3 Å². The Morgan fingerprint density at radius 1 is 1.20 bits per heavy atom. The molecule has 0 aliphatic heterocycles. The smallest absolute Gasteiger partial charge is 0.146 e. The van der Waals surface area contributed by atoms with E-state index in [9.17, 15) is 13.9 Å². The molecule has 0 aliphatic rings. The highest BCUT2D eigenvalue weighted by molar-refractivity contribution is 5.67. The highest BCUT2D eigenvalue weighted by Gasteiger charge is 2.15. The number of ether oxygens (including phenoxy) is 1. The van der Waals surface area contributed by atoms with Crippen molar-refractivity contribution in [1.82, 2.24) is 10.3 Å². The van der Waals surface area contributed by atoms with E-state index in [4.69, 9.17) is 4.74 Å². The van der Waals surface area contributed by atoms with Crippen molar-refractivity contribution in [2.75, 3.05) is 13.2 Å². The summed E-state index contributed by atoms with van der Waals surface area (Å²) in [5.74, 6) is -0.260. The highest BCUT2D eigenvalue weighted by Crippen LogP contribution is 2.30. The van der Waals surface area contributed by atoms with E-state index in [0.717, 1.165) is 0 Å². The second-order valence-corrected chi connectivity index (χ2v) is 6.11. The Labute approximate surface area is 146 Å². The summed E-state index contributed by atoms with van der Waals surface area (Å²) in [6.45, 7) is 6.29. The average Bonchev–Trinajstić information content (AvgIpc) is 2.57. The lowest BCUT2D eigenvalue weighted by Crippen LogP contribution is -2.36. The van der Waals surface area contributed by atoms with Crippen molar-refractivity contribution < 1.29 is 18.6 Å². The van der Waals surface area contributed by atoms with Gasteiger partial charge in [0.1, 0.15) is 17.4 Å². The molecule has 0 saturated heterocycles. The van der Waals surface area contributed by atoms with Crippen molar-refractivity contribution >= 4 is 0 Å². The summed E-state index contributed by atoms with van der Waals surface area (Å²) in [4.78, 5) is 4.36. The molecule has 1 aromatic heterocycles. The SMILES string of the molecule is CCOc1cc(F)ccc1-c1ccc(F)c(CN[C@@H](CO)C(C)C)n1. The molecule has 6 heteroatoms. The number of hydrogen-bond acceptors (Lipinski definition) is 4. The third-order valence-corrected chi connectivity index (χ3v) is 3.97. The van der Waals surface area contributed by atoms with Crippen LogP contribution in [0.25, 0.3) is 11.3 Å². The molecule has 0 unspecified atom stereocenters. The van der Waals surface area contributed by atoms with Crippen LogP contribution in [0.5, 0.6) is 5.75 Å². The number of pyridine rings is 1. The maximum absolute atomic E-state index is 14.1. The van der Waals surface area contributed by atoms with E-state index in [1.54, 1.807) is 12.1 Å². The molecule has 0 spiro atoms. The number of aliphatic hydroxyl groups excluding tert-OH is 1. The molecular formula is C19H24F2N2O2. The molecule has 1 heterocycles. The molecule has 2 rings (SSSR count). The molecule has 4 nitrogen and oxygen atoms in total. The molecule has 0 radical (unpaired) electrons. The van der Waals surface area contributed by atoms with Crippen molar-refractivity contribution in [2.24, 2.45) is 5.92 Å². The number of hydrogen-bond donors (Lipinski definition) is 2. The molecule has 0 fully saturated rings. The Morgan fingerprint density at radius 3 is 2.60 bits per heavy atom. The van der Waals surface area contributed by atoms with Gasteiger partial charge in [0.25, 0.3) is 0 Å². The van der Waals surface area contributed by atoms with Gasteiger partial charge in [-0.05, 0) is 37.1 Å². The van der Waals surface area contributed by atoms with Gasteiger partial charge in [0.15, 0.2) is 0 Å². The van der Waals surface area contributed by atoms with Gasteiger partial charge >= 0.3 is 0 Å². The molecule has 1 aromatic carbocycles. The van der Waals surface area contributed by atoms with E-state index < -0.39 is 11.6 Å². The third-order valence-electron chi connectivity index (χ3n) is 3.97. The summed E-state index contributed by atoms with van der Waals surface area (Å²) in [6, 6.07) is 6.92. The number of halogens is 2. The van der Waals surface area contributed by atoms with Gasteiger partial charge in [-0.1, -0.05) is 13.8 Å². The van der Waals surface area contributed by atoms with Crippen LogP contribution in [0.1, 0.15) is 26.5 Å². The van der Waals surface area contributed by atoms with Gasteiger partial charge in [0.05, 0.1) is 24.6 Å². The van der Waals surface area contributed by atoms with E-state index in [0.29, 0.717) is 23.6 Å². The lowest BCUT2D eigenvalue weighted by Gasteiger charge is -2.20. The Kier molecular flexibility index (Phi) is 6.84. The van der Waals surface area contributed by atoms with E-state index >= 15 is 0 Å². The number of nitrogens with one attached hydrogen (secondary N) is 1. The summed E-state index contributed by atoms with van der Waals surface area (Å²) in [5, 5.41) is 12.5. The number of aromatic nitrogens is 1. The number of aliphatic hydroxyl groups is 1. The van der Waals surface area contributed by atoms with E-state index in [2.05, 4.69) is 10.3 Å². The molecule has 1 atom stereocenters.